The third-order valence-electron chi connectivity index (χ3n) is 9.60. The van der Waals surface area contributed by atoms with Crippen LogP contribution in [0.1, 0.15) is 48.3 Å². The number of H-pyrrole nitrogens is 1. The molecule has 2 saturated heterocycles. The highest BCUT2D eigenvalue weighted by molar-refractivity contribution is 5.96. The smallest absolute Gasteiger partial charge is 0.246 e. The van der Waals surface area contributed by atoms with E-state index in [4.69, 9.17) is 0 Å². The molecule has 2 aliphatic heterocycles. The van der Waals surface area contributed by atoms with Crippen LogP contribution in [-0.2, 0) is 36.9 Å². The zero-order valence-corrected chi connectivity index (χ0v) is 29.0. The van der Waals surface area contributed by atoms with E-state index in [9.17, 15) is 29.1 Å². The van der Waals surface area contributed by atoms with Crippen molar-refractivity contribution >= 4 is 40.4 Å². The summed E-state index contributed by atoms with van der Waals surface area (Å²) in [7, 11) is 0. The van der Waals surface area contributed by atoms with Gasteiger partial charge in [0.2, 0.25) is 29.5 Å². The van der Waals surface area contributed by atoms with Gasteiger partial charge in [0.05, 0.1) is 24.4 Å². The molecule has 5 amide bonds. The first-order chi connectivity index (χ1) is 24.5. The number of carbonyl (C=O) groups is 5. The fourth-order valence-corrected chi connectivity index (χ4v) is 6.97. The van der Waals surface area contributed by atoms with Gasteiger partial charge in [-0.15, -0.1) is 0 Å². The molecule has 51 heavy (non-hydrogen) atoms. The summed E-state index contributed by atoms with van der Waals surface area (Å²) in [6, 6.07) is 14.6. The molecule has 5 N–H and O–H groups in total. The molecule has 14 nitrogen and oxygen atoms in total. The van der Waals surface area contributed by atoms with Gasteiger partial charge < -0.3 is 35.8 Å². The fraction of sp³-hybridized carbons (Fsp3) is 0.405. The lowest BCUT2D eigenvalue weighted by molar-refractivity contribution is -0.142. The van der Waals surface area contributed by atoms with Gasteiger partial charge in [-0.2, -0.15) is 5.10 Å². The minimum atomic E-state index is -1.13. The van der Waals surface area contributed by atoms with Gasteiger partial charge in [-0.1, -0.05) is 48.5 Å². The number of aliphatic hydroxyl groups excluding tert-OH is 1. The van der Waals surface area contributed by atoms with E-state index in [1.807, 2.05) is 74.5 Å². The summed E-state index contributed by atoms with van der Waals surface area (Å²) < 4.78 is 1.73. The highest BCUT2D eigenvalue weighted by Crippen LogP contribution is 2.24. The van der Waals surface area contributed by atoms with Gasteiger partial charge in [0.1, 0.15) is 18.1 Å². The normalized spacial score (nSPS) is 23.6. The number of para-hydroxylation sites is 1. The maximum Gasteiger partial charge on any atom is 0.246 e. The average Bonchev–Trinajstić information content (AvgIpc) is 3.81. The second-order valence-corrected chi connectivity index (χ2v) is 13.5. The second-order valence-electron chi connectivity index (χ2n) is 13.5. The van der Waals surface area contributed by atoms with Gasteiger partial charge >= 0.3 is 0 Å². The average molecular weight is 697 g/mol. The molecule has 268 valence electrons. The summed E-state index contributed by atoms with van der Waals surface area (Å²) in [4.78, 5) is 75.3. The van der Waals surface area contributed by atoms with E-state index in [0.29, 0.717) is 5.56 Å². The van der Waals surface area contributed by atoms with Crippen molar-refractivity contribution in [3.8, 4) is 0 Å². The largest absolute Gasteiger partial charge is 0.391 e. The van der Waals surface area contributed by atoms with E-state index in [1.165, 1.54) is 16.7 Å². The van der Waals surface area contributed by atoms with Gasteiger partial charge in [0, 0.05) is 61.7 Å². The first kappa shape index (κ1) is 35.3. The molecular weight excluding hydrogens is 652 g/mol. The van der Waals surface area contributed by atoms with E-state index >= 15 is 0 Å². The van der Waals surface area contributed by atoms with Crippen molar-refractivity contribution < 1.29 is 29.1 Å². The Hall–Kier alpha value is -5.50. The molecule has 14 heteroatoms. The molecule has 0 radical (unpaired) electrons. The van der Waals surface area contributed by atoms with E-state index < -0.39 is 60.4 Å². The van der Waals surface area contributed by atoms with Gasteiger partial charge in [-0.05, 0) is 44.0 Å². The number of fused-ring (bicyclic) bond motifs is 2. The highest BCUT2D eigenvalue weighted by Gasteiger charge is 2.42. The monoisotopic (exact) mass is 696 g/mol. The maximum atomic E-state index is 14.3. The van der Waals surface area contributed by atoms with Crippen LogP contribution in [0.5, 0.6) is 0 Å². The Bertz CT molecular complexity index is 1920. The number of rotatable bonds is 6. The van der Waals surface area contributed by atoms with Crippen molar-refractivity contribution in [2.24, 2.45) is 0 Å². The Kier molecular flexibility index (Phi) is 10.5. The van der Waals surface area contributed by atoms with Crippen LogP contribution in [-0.4, -0.2) is 103 Å². The molecule has 4 heterocycles. The third kappa shape index (κ3) is 8.12. The molecule has 0 unspecified atom stereocenters. The number of nitrogens with one attached hydrogen (secondary N) is 4. The number of hydrogen-bond acceptors (Lipinski definition) is 7. The molecule has 2 aromatic carbocycles. The minimum absolute atomic E-state index is 0.0240. The van der Waals surface area contributed by atoms with Crippen molar-refractivity contribution in [3.63, 3.8) is 0 Å². The number of aromatic nitrogens is 3. The minimum Gasteiger partial charge on any atom is -0.391 e. The van der Waals surface area contributed by atoms with Crippen molar-refractivity contribution in [1.29, 1.82) is 0 Å². The lowest BCUT2D eigenvalue weighted by Gasteiger charge is -2.30. The summed E-state index contributed by atoms with van der Waals surface area (Å²) in [6.45, 7) is 5.01. The summed E-state index contributed by atoms with van der Waals surface area (Å²) in [5, 5.41) is 24.5. The van der Waals surface area contributed by atoms with Crippen LogP contribution >= 0.6 is 0 Å². The van der Waals surface area contributed by atoms with Crippen molar-refractivity contribution in [3.05, 3.63) is 89.4 Å². The topological polar surface area (TPSA) is 182 Å². The standard InChI is InChI=1S/C37H44N8O6/c1-22-15-23(2)45(42-22)14-13-34(48)43-20-31(25-9-5-4-6-10-25)41-35(49)24(3)39-36(50)32-17-27(46)19-44(32)37(51)30(40-33(47)21-43)16-26-18-38-29-12-8-7-11-28(26)29/h4-12,15,18,24,27,30-32,38,46H,13-14,16-17,19-21H2,1-3H3,(H,39,50)(H,40,47)(H,41,49)/t24-,27+,30+,31-,32-/m0/s1. The first-order valence-electron chi connectivity index (χ1n) is 17.2. The molecule has 5 atom stereocenters. The van der Waals surface area contributed by atoms with Crippen LogP contribution in [0.3, 0.4) is 0 Å². The molecule has 0 saturated carbocycles. The molecule has 0 bridgehead atoms. The lowest BCUT2D eigenvalue weighted by Crippen LogP contribution is -2.56. The zero-order valence-electron chi connectivity index (χ0n) is 29.0. The van der Waals surface area contributed by atoms with E-state index in [-0.39, 0.29) is 44.8 Å². The van der Waals surface area contributed by atoms with Gasteiger partial charge in [-0.3, -0.25) is 28.7 Å². The van der Waals surface area contributed by atoms with Crippen molar-refractivity contribution in [2.45, 2.75) is 76.8 Å². The van der Waals surface area contributed by atoms with Crippen LogP contribution in [0.25, 0.3) is 10.9 Å². The van der Waals surface area contributed by atoms with Crippen LogP contribution < -0.4 is 16.0 Å². The third-order valence-corrected chi connectivity index (χ3v) is 9.60. The van der Waals surface area contributed by atoms with Gasteiger partial charge in [-0.25, -0.2) is 0 Å². The number of aryl methyl sites for hydroxylation is 3. The van der Waals surface area contributed by atoms with Crippen LogP contribution in [0.2, 0.25) is 0 Å². The summed E-state index contributed by atoms with van der Waals surface area (Å²) in [5.41, 5.74) is 4.04. The number of benzene rings is 2. The molecule has 2 fully saturated rings. The summed E-state index contributed by atoms with van der Waals surface area (Å²) in [5.74, 6) is -2.59. The van der Waals surface area contributed by atoms with Crippen molar-refractivity contribution in [1.82, 2.24) is 40.5 Å². The highest BCUT2D eigenvalue weighted by atomic mass is 16.3. The van der Waals surface area contributed by atoms with Crippen LogP contribution in [0.15, 0.2) is 66.9 Å². The SMILES string of the molecule is Cc1cc(C)n(CCC(=O)N2CC(=O)N[C@H](Cc3c[nH]c4ccccc34)C(=O)N3C[C@H](O)C[C@H]3C(=O)N[C@@H](C)C(=O)N[C@H](c3ccccc3)C2)n1. The summed E-state index contributed by atoms with van der Waals surface area (Å²) in [6.07, 6.45) is 0.895. The Balaban J connectivity index is 1.35. The van der Waals surface area contributed by atoms with E-state index in [2.05, 4.69) is 26.0 Å². The molecule has 4 aromatic rings. The maximum absolute atomic E-state index is 14.3. The Morgan fingerprint density at radius 1 is 0.941 bits per heavy atom. The van der Waals surface area contributed by atoms with E-state index in [1.54, 1.807) is 10.9 Å². The summed E-state index contributed by atoms with van der Waals surface area (Å²) >= 11 is 0. The Morgan fingerprint density at radius 2 is 1.69 bits per heavy atom. The zero-order chi connectivity index (χ0) is 36.2. The van der Waals surface area contributed by atoms with Crippen molar-refractivity contribution in [2.75, 3.05) is 19.6 Å². The molecule has 0 aliphatic carbocycles. The van der Waals surface area contributed by atoms with Crippen LogP contribution in [0, 0.1) is 13.8 Å². The predicted octanol–water partition coefficient (Wildman–Crippen LogP) is 1.27. The molecule has 6 rings (SSSR count). The number of hydrogen-bond donors (Lipinski definition) is 5. The Labute approximate surface area is 295 Å². The van der Waals surface area contributed by atoms with Crippen LogP contribution in [0.4, 0.5) is 0 Å². The predicted molar refractivity (Wildman–Crippen MR) is 188 cm³/mol. The number of aromatic amines is 1. The molecule has 2 aliphatic rings. The Morgan fingerprint density at radius 3 is 2.43 bits per heavy atom. The molecule has 2 aromatic heterocycles. The number of carbonyl (C=O) groups excluding carboxylic acids is 5. The van der Waals surface area contributed by atoms with Gasteiger partial charge in [0.25, 0.3) is 0 Å². The number of amides is 5. The quantitative estimate of drug-likeness (QED) is 0.201. The van der Waals surface area contributed by atoms with Gasteiger partial charge in [0.15, 0.2) is 0 Å². The van der Waals surface area contributed by atoms with E-state index in [0.717, 1.165) is 27.9 Å². The molecular formula is C37H44N8O6. The molecule has 0 spiro atoms. The fourth-order valence-electron chi connectivity index (χ4n) is 6.97. The second kappa shape index (κ2) is 15.2. The lowest BCUT2D eigenvalue weighted by atomic mass is 10.0. The number of nitrogens with zero attached hydrogens (tertiary/aromatic N) is 4. The number of aliphatic hydroxyl groups is 1. The first-order valence-corrected chi connectivity index (χ1v) is 17.2.